The van der Waals surface area contributed by atoms with Crippen molar-refractivity contribution in [2.45, 2.75) is 13.1 Å². The van der Waals surface area contributed by atoms with Gasteiger partial charge in [0, 0.05) is 19.2 Å². The van der Waals surface area contributed by atoms with E-state index in [4.69, 9.17) is 4.42 Å². The van der Waals surface area contributed by atoms with Crippen molar-refractivity contribution in [1.29, 1.82) is 0 Å². The molecule has 2 aromatic rings. The first-order chi connectivity index (χ1) is 9.19. The molecule has 4 nitrogen and oxygen atoms in total. The van der Waals surface area contributed by atoms with Gasteiger partial charge in [-0.2, -0.15) is 0 Å². The van der Waals surface area contributed by atoms with Crippen LogP contribution in [0, 0.1) is 0 Å². The highest BCUT2D eigenvalue weighted by molar-refractivity contribution is 5.93. The Morgan fingerprint density at radius 2 is 1.95 bits per heavy atom. The van der Waals surface area contributed by atoms with Gasteiger partial charge in [0.1, 0.15) is 5.76 Å². The zero-order chi connectivity index (χ0) is 13.7. The van der Waals surface area contributed by atoms with Gasteiger partial charge >= 0.3 is 0 Å². The van der Waals surface area contributed by atoms with Crippen LogP contribution in [0.4, 0.5) is 0 Å². The van der Waals surface area contributed by atoms with Gasteiger partial charge in [0.25, 0.3) is 5.91 Å². The van der Waals surface area contributed by atoms with Crippen molar-refractivity contribution in [2.75, 3.05) is 14.1 Å². The number of benzene rings is 1. The van der Waals surface area contributed by atoms with Gasteiger partial charge < -0.3 is 9.73 Å². The fourth-order valence-electron chi connectivity index (χ4n) is 1.94. The summed E-state index contributed by atoms with van der Waals surface area (Å²) in [6.45, 7) is 1.58. The maximum atomic E-state index is 11.4. The van der Waals surface area contributed by atoms with Crippen LogP contribution in [-0.4, -0.2) is 24.9 Å². The summed E-state index contributed by atoms with van der Waals surface area (Å²) in [5.74, 6) is 0.889. The lowest BCUT2D eigenvalue weighted by Gasteiger charge is -2.15. The molecule has 0 atom stereocenters. The third-order valence-corrected chi connectivity index (χ3v) is 2.90. The highest BCUT2D eigenvalue weighted by Gasteiger charge is 2.05. The number of amides is 1. The second-order valence-electron chi connectivity index (χ2n) is 4.53. The number of hydrogen-bond donors (Lipinski definition) is 1. The van der Waals surface area contributed by atoms with Crippen LogP contribution in [0.3, 0.4) is 0 Å². The molecule has 0 aliphatic carbocycles. The molecule has 0 saturated heterocycles. The lowest BCUT2D eigenvalue weighted by atomic mass is 10.1. The highest BCUT2D eigenvalue weighted by Crippen LogP contribution is 2.10. The van der Waals surface area contributed by atoms with E-state index < -0.39 is 0 Å². The average molecular weight is 258 g/mol. The monoisotopic (exact) mass is 258 g/mol. The van der Waals surface area contributed by atoms with Crippen LogP contribution < -0.4 is 5.32 Å². The van der Waals surface area contributed by atoms with Gasteiger partial charge in [-0.3, -0.25) is 9.69 Å². The maximum absolute atomic E-state index is 11.4. The molecule has 0 spiro atoms. The third kappa shape index (κ3) is 3.69. The summed E-state index contributed by atoms with van der Waals surface area (Å²) in [7, 11) is 3.67. The Morgan fingerprint density at radius 1 is 1.21 bits per heavy atom. The minimum absolute atomic E-state index is 0.0597. The Hall–Kier alpha value is -2.07. The van der Waals surface area contributed by atoms with E-state index in [2.05, 4.69) is 10.2 Å². The zero-order valence-corrected chi connectivity index (χ0v) is 11.2. The summed E-state index contributed by atoms with van der Waals surface area (Å²) in [5.41, 5.74) is 1.85. The van der Waals surface area contributed by atoms with E-state index >= 15 is 0 Å². The van der Waals surface area contributed by atoms with E-state index in [1.54, 1.807) is 13.3 Å². The summed E-state index contributed by atoms with van der Waals surface area (Å²) >= 11 is 0. The number of rotatable bonds is 5. The first-order valence-electron chi connectivity index (χ1n) is 6.21. The molecule has 0 fully saturated rings. The average Bonchev–Trinajstić information content (AvgIpc) is 2.91. The summed E-state index contributed by atoms with van der Waals surface area (Å²) in [6.07, 6.45) is 1.68. The second kappa shape index (κ2) is 6.20. The predicted molar refractivity (Wildman–Crippen MR) is 73.7 cm³/mol. The van der Waals surface area contributed by atoms with Crippen LogP contribution in [0.2, 0.25) is 0 Å². The van der Waals surface area contributed by atoms with Crippen LogP contribution in [0.15, 0.2) is 47.1 Å². The third-order valence-electron chi connectivity index (χ3n) is 2.90. The van der Waals surface area contributed by atoms with Crippen molar-refractivity contribution < 1.29 is 9.21 Å². The molecule has 1 aromatic carbocycles. The lowest BCUT2D eigenvalue weighted by Crippen LogP contribution is -2.18. The molecule has 0 radical (unpaired) electrons. The molecule has 0 bridgehead atoms. The van der Waals surface area contributed by atoms with Crippen molar-refractivity contribution in [2.24, 2.45) is 0 Å². The number of carbonyl (C=O) groups is 1. The van der Waals surface area contributed by atoms with Crippen LogP contribution in [0.25, 0.3) is 0 Å². The predicted octanol–water partition coefficient (Wildman–Crippen LogP) is 2.27. The zero-order valence-electron chi connectivity index (χ0n) is 11.2. The molecule has 100 valence electrons. The number of nitrogens with one attached hydrogen (secondary N) is 1. The summed E-state index contributed by atoms with van der Waals surface area (Å²) in [5, 5.41) is 2.61. The van der Waals surface area contributed by atoms with Crippen LogP contribution in [0.1, 0.15) is 21.7 Å². The van der Waals surface area contributed by atoms with Gasteiger partial charge in [-0.15, -0.1) is 0 Å². The molecule has 4 heteroatoms. The first kappa shape index (κ1) is 13.4. The molecule has 1 amide bonds. The second-order valence-corrected chi connectivity index (χ2v) is 4.53. The van der Waals surface area contributed by atoms with Gasteiger partial charge in [-0.05, 0) is 36.9 Å². The van der Waals surface area contributed by atoms with Gasteiger partial charge in [0.2, 0.25) is 0 Å². The van der Waals surface area contributed by atoms with E-state index in [9.17, 15) is 4.79 Å². The van der Waals surface area contributed by atoms with Crippen molar-refractivity contribution in [3.05, 3.63) is 59.5 Å². The van der Waals surface area contributed by atoms with E-state index in [1.165, 1.54) is 5.56 Å². The molecule has 1 N–H and O–H groups in total. The SMILES string of the molecule is CNC(=O)c1ccc(CN(C)Cc2ccco2)cc1. The number of nitrogens with zero attached hydrogens (tertiary/aromatic N) is 1. The van der Waals surface area contributed by atoms with Crippen molar-refractivity contribution in [3.8, 4) is 0 Å². The Kier molecular flexibility index (Phi) is 4.36. The van der Waals surface area contributed by atoms with Crippen LogP contribution >= 0.6 is 0 Å². The molecule has 0 aliphatic heterocycles. The van der Waals surface area contributed by atoms with Crippen molar-refractivity contribution in [1.82, 2.24) is 10.2 Å². The van der Waals surface area contributed by atoms with Crippen molar-refractivity contribution in [3.63, 3.8) is 0 Å². The summed E-state index contributed by atoms with van der Waals surface area (Å²) in [6, 6.07) is 11.5. The quantitative estimate of drug-likeness (QED) is 0.895. The normalized spacial score (nSPS) is 10.7. The fourth-order valence-corrected chi connectivity index (χ4v) is 1.94. The van der Waals surface area contributed by atoms with E-state index in [-0.39, 0.29) is 5.91 Å². The number of furan rings is 1. The smallest absolute Gasteiger partial charge is 0.251 e. The highest BCUT2D eigenvalue weighted by atomic mass is 16.3. The molecular weight excluding hydrogens is 240 g/mol. The molecule has 0 saturated carbocycles. The Bertz CT molecular complexity index is 518. The molecule has 19 heavy (non-hydrogen) atoms. The number of hydrogen-bond acceptors (Lipinski definition) is 3. The van der Waals surface area contributed by atoms with Crippen LogP contribution in [-0.2, 0) is 13.1 Å². The van der Waals surface area contributed by atoms with E-state index in [0.29, 0.717) is 5.56 Å². The molecule has 0 aliphatic rings. The largest absolute Gasteiger partial charge is 0.468 e. The molecule has 1 aromatic heterocycles. The Balaban J connectivity index is 1.93. The topological polar surface area (TPSA) is 45.5 Å². The van der Waals surface area contributed by atoms with Gasteiger partial charge in [-0.1, -0.05) is 12.1 Å². The van der Waals surface area contributed by atoms with Gasteiger partial charge in [-0.25, -0.2) is 0 Å². The van der Waals surface area contributed by atoms with Gasteiger partial charge in [0.15, 0.2) is 0 Å². The Morgan fingerprint density at radius 3 is 2.53 bits per heavy atom. The standard InChI is InChI=1S/C15H18N2O2/c1-16-15(18)13-7-5-12(6-8-13)10-17(2)11-14-4-3-9-19-14/h3-9H,10-11H2,1-2H3,(H,16,18). The molecule has 2 rings (SSSR count). The lowest BCUT2D eigenvalue weighted by molar-refractivity contribution is 0.0963. The fraction of sp³-hybridized carbons (Fsp3) is 0.267. The Labute approximate surface area is 113 Å². The summed E-state index contributed by atoms with van der Waals surface area (Å²) < 4.78 is 5.31. The molecule has 1 heterocycles. The number of carbonyl (C=O) groups excluding carboxylic acids is 1. The maximum Gasteiger partial charge on any atom is 0.251 e. The molecular formula is C15H18N2O2. The minimum Gasteiger partial charge on any atom is -0.468 e. The minimum atomic E-state index is -0.0597. The summed E-state index contributed by atoms with van der Waals surface area (Å²) in [4.78, 5) is 13.6. The first-order valence-corrected chi connectivity index (χ1v) is 6.21. The van der Waals surface area contributed by atoms with E-state index in [0.717, 1.165) is 18.8 Å². The van der Waals surface area contributed by atoms with Crippen LogP contribution in [0.5, 0.6) is 0 Å². The van der Waals surface area contributed by atoms with Crippen molar-refractivity contribution >= 4 is 5.91 Å². The molecule has 0 unspecified atom stereocenters. The van der Waals surface area contributed by atoms with Gasteiger partial charge in [0.05, 0.1) is 12.8 Å². The van der Waals surface area contributed by atoms with E-state index in [1.807, 2.05) is 43.4 Å².